The smallest absolute Gasteiger partial charge is 0.0398 e. The SMILES string of the molecule is C=C(Br)C1=C(/C=C\C)Sc2cc(N)ccc2S1. The number of benzene rings is 1. The molecule has 0 aliphatic carbocycles. The molecule has 1 aromatic rings. The number of rotatable bonds is 2. The number of hydrogen-bond acceptors (Lipinski definition) is 3. The largest absolute Gasteiger partial charge is 0.399 e. The molecule has 1 nitrogen and oxygen atoms in total. The third-order valence-corrected chi connectivity index (χ3v) is 5.47. The number of fused-ring (bicyclic) bond motifs is 1. The second kappa shape index (κ2) is 5.38. The average molecular weight is 326 g/mol. The normalized spacial score (nSPS) is 15.2. The first kappa shape index (κ1) is 12.9. The molecule has 1 heterocycles. The molecule has 0 unspecified atom stereocenters. The monoisotopic (exact) mass is 325 g/mol. The molecule has 17 heavy (non-hydrogen) atoms. The van der Waals surface area contributed by atoms with Crippen molar-refractivity contribution in [1.82, 2.24) is 0 Å². The number of allylic oxidation sites excluding steroid dienone is 3. The Morgan fingerprint density at radius 2 is 2.12 bits per heavy atom. The van der Waals surface area contributed by atoms with Gasteiger partial charge < -0.3 is 5.73 Å². The topological polar surface area (TPSA) is 26.0 Å². The number of nitrogens with two attached hydrogens (primary N) is 1. The van der Waals surface area contributed by atoms with E-state index in [9.17, 15) is 0 Å². The Morgan fingerprint density at radius 1 is 1.35 bits per heavy atom. The maximum absolute atomic E-state index is 5.81. The van der Waals surface area contributed by atoms with E-state index in [2.05, 4.69) is 34.7 Å². The highest BCUT2D eigenvalue weighted by Crippen LogP contribution is 2.50. The number of thioether (sulfide) groups is 2. The number of hydrogen-bond donors (Lipinski definition) is 1. The van der Waals surface area contributed by atoms with E-state index in [0.29, 0.717) is 0 Å². The molecule has 88 valence electrons. The quantitative estimate of drug-likeness (QED) is 0.760. The third-order valence-electron chi connectivity index (χ3n) is 2.19. The first-order valence-corrected chi connectivity index (χ1v) is 7.51. The van der Waals surface area contributed by atoms with Crippen LogP contribution in [0.4, 0.5) is 5.69 Å². The van der Waals surface area contributed by atoms with Crippen LogP contribution >= 0.6 is 39.5 Å². The van der Waals surface area contributed by atoms with Crippen molar-refractivity contribution in [2.24, 2.45) is 0 Å². The highest BCUT2D eigenvalue weighted by atomic mass is 79.9. The summed E-state index contributed by atoms with van der Waals surface area (Å²) in [6, 6.07) is 6.01. The van der Waals surface area contributed by atoms with Gasteiger partial charge in [0, 0.05) is 29.8 Å². The second-order valence-electron chi connectivity index (χ2n) is 3.51. The van der Waals surface area contributed by atoms with Crippen molar-refractivity contribution in [1.29, 1.82) is 0 Å². The molecule has 0 radical (unpaired) electrons. The van der Waals surface area contributed by atoms with Crippen LogP contribution in [0.5, 0.6) is 0 Å². The Bertz CT molecular complexity index is 532. The molecule has 2 rings (SSSR count). The van der Waals surface area contributed by atoms with Crippen molar-refractivity contribution >= 4 is 45.1 Å². The van der Waals surface area contributed by atoms with Gasteiger partial charge >= 0.3 is 0 Å². The van der Waals surface area contributed by atoms with Gasteiger partial charge in [0.15, 0.2) is 0 Å². The van der Waals surface area contributed by atoms with Gasteiger partial charge in [0.05, 0.1) is 0 Å². The Morgan fingerprint density at radius 3 is 2.76 bits per heavy atom. The van der Waals surface area contributed by atoms with Crippen LogP contribution in [0, 0.1) is 0 Å². The molecule has 0 spiro atoms. The summed E-state index contributed by atoms with van der Waals surface area (Å²) in [6.07, 6.45) is 4.14. The molecule has 1 aliphatic heterocycles. The predicted molar refractivity (Wildman–Crippen MR) is 82.5 cm³/mol. The molecule has 0 aromatic heterocycles. The molecular formula is C13H12BrNS2. The van der Waals surface area contributed by atoms with E-state index in [-0.39, 0.29) is 0 Å². The molecule has 0 bridgehead atoms. The minimum atomic E-state index is 0.804. The summed E-state index contributed by atoms with van der Waals surface area (Å²) < 4.78 is 0.922. The summed E-state index contributed by atoms with van der Waals surface area (Å²) >= 11 is 6.93. The number of halogens is 1. The van der Waals surface area contributed by atoms with E-state index in [1.807, 2.05) is 25.1 Å². The van der Waals surface area contributed by atoms with E-state index >= 15 is 0 Å². The Hall–Kier alpha value is -0.580. The molecule has 2 N–H and O–H groups in total. The molecule has 0 atom stereocenters. The Balaban J connectivity index is 2.46. The molecule has 0 amide bonds. The van der Waals surface area contributed by atoms with Gasteiger partial charge in [-0.25, -0.2) is 0 Å². The first-order valence-electron chi connectivity index (χ1n) is 5.09. The fraction of sp³-hybridized carbons (Fsp3) is 0.0769. The van der Waals surface area contributed by atoms with E-state index in [1.54, 1.807) is 23.5 Å². The summed E-state index contributed by atoms with van der Waals surface area (Å²) in [5, 5.41) is 0. The van der Waals surface area contributed by atoms with Gasteiger partial charge in [-0.1, -0.05) is 58.2 Å². The minimum Gasteiger partial charge on any atom is -0.399 e. The third kappa shape index (κ3) is 2.81. The van der Waals surface area contributed by atoms with Gasteiger partial charge in [-0.2, -0.15) is 0 Å². The Labute approximate surface area is 118 Å². The van der Waals surface area contributed by atoms with E-state index < -0.39 is 0 Å². The van der Waals surface area contributed by atoms with Crippen molar-refractivity contribution in [2.75, 3.05) is 5.73 Å². The second-order valence-corrected chi connectivity index (χ2v) is 6.60. The zero-order chi connectivity index (χ0) is 12.4. The molecule has 4 heteroatoms. The van der Waals surface area contributed by atoms with Crippen LogP contribution in [-0.2, 0) is 0 Å². The van der Waals surface area contributed by atoms with Crippen molar-refractivity contribution in [3.8, 4) is 0 Å². The highest BCUT2D eigenvalue weighted by molar-refractivity contribution is 9.12. The van der Waals surface area contributed by atoms with Crippen molar-refractivity contribution in [3.05, 3.63) is 51.2 Å². The van der Waals surface area contributed by atoms with Crippen LogP contribution in [0.2, 0.25) is 0 Å². The Kier molecular flexibility index (Phi) is 4.07. The number of anilines is 1. The first-order chi connectivity index (χ1) is 8.11. The molecule has 0 fully saturated rings. The van der Waals surface area contributed by atoms with E-state index in [1.165, 1.54) is 19.6 Å². The predicted octanol–water partition coefficient (Wildman–Crippen LogP) is 5.16. The zero-order valence-corrected chi connectivity index (χ0v) is 12.6. The summed E-state index contributed by atoms with van der Waals surface area (Å²) in [5.41, 5.74) is 6.62. The molecule has 0 saturated carbocycles. The van der Waals surface area contributed by atoms with Gasteiger partial charge in [-0.05, 0) is 25.1 Å². The highest BCUT2D eigenvalue weighted by Gasteiger charge is 2.19. The standard InChI is InChI=1S/C13H12BrNS2/c1-3-4-11-13(8(2)14)17-10-6-5-9(15)7-12(10)16-11/h3-7H,2,15H2,1H3/b4-3-. The van der Waals surface area contributed by atoms with Gasteiger partial charge in [-0.3, -0.25) is 0 Å². The van der Waals surface area contributed by atoms with E-state index in [0.717, 1.165) is 10.2 Å². The van der Waals surface area contributed by atoms with Crippen molar-refractivity contribution in [2.45, 2.75) is 16.7 Å². The summed E-state index contributed by atoms with van der Waals surface area (Å²) in [5.74, 6) is 0. The zero-order valence-electron chi connectivity index (χ0n) is 9.37. The molecule has 0 saturated heterocycles. The summed E-state index contributed by atoms with van der Waals surface area (Å²) in [4.78, 5) is 4.82. The van der Waals surface area contributed by atoms with Crippen LogP contribution < -0.4 is 5.73 Å². The van der Waals surface area contributed by atoms with Crippen LogP contribution in [0.15, 0.2) is 61.0 Å². The lowest BCUT2D eigenvalue weighted by atomic mass is 10.3. The maximum atomic E-state index is 5.81. The molecule has 1 aromatic carbocycles. The van der Waals surface area contributed by atoms with Crippen molar-refractivity contribution < 1.29 is 0 Å². The van der Waals surface area contributed by atoms with Gasteiger partial charge in [0.1, 0.15) is 0 Å². The van der Waals surface area contributed by atoms with Crippen LogP contribution in [0.1, 0.15) is 6.92 Å². The van der Waals surface area contributed by atoms with Gasteiger partial charge in [0.25, 0.3) is 0 Å². The lowest BCUT2D eigenvalue weighted by Crippen LogP contribution is -1.93. The van der Waals surface area contributed by atoms with Crippen LogP contribution in [0.3, 0.4) is 0 Å². The number of nitrogen functional groups attached to an aromatic ring is 1. The molecule has 1 aliphatic rings. The summed E-state index contributed by atoms with van der Waals surface area (Å²) in [7, 11) is 0. The van der Waals surface area contributed by atoms with Crippen LogP contribution in [0.25, 0.3) is 0 Å². The lowest BCUT2D eigenvalue weighted by molar-refractivity contribution is 1.25. The lowest BCUT2D eigenvalue weighted by Gasteiger charge is -2.20. The van der Waals surface area contributed by atoms with Crippen molar-refractivity contribution in [3.63, 3.8) is 0 Å². The van der Waals surface area contributed by atoms with Crippen LogP contribution in [-0.4, -0.2) is 0 Å². The fourth-order valence-electron chi connectivity index (χ4n) is 1.46. The van der Waals surface area contributed by atoms with E-state index in [4.69, 9.17) is 5.73 Å². The minimum absolute atomic E-state index is 0.804. The summed E-state index contributed by atoms with van der Waals surface area (Å²) in [6.45, 7) is 5.98. The molecular weight excluding hydrogens is 314 g/mol. The maximum Gasteiger partial charge on any atom is 0.0398 e. The van der Waals surface area contributed by atoms with Gasteiger partial charge in [0.2, 0.25) is 0 Å². The van der Waals surface area contributed by atoms with Gasteiger partial charge in [-0.15, -0.1) is 0 Å². The average Bonchev–Trinajstić information content (AvgIpc) is 2.28. The fourth-order valence-corrected chi connectivity index (χ4v) is 4.37.